The van der Waals surface area contributed by atoms with Gasteiger partial charge in [0.25, 0.3) is 0 Å². The first-order valence-electron chi connectivity index (χ1n) is 6.40. The van der Waals surface area contributed by atoms with Crippen molar-refractivity contribution in [1.82, 2.24) is 14.5 Å². The number of halogens is 1. The summed E-state index contributed by atoms with van der Waals surface area (Å²) in [5.74, 6) is 2.65. The van der Waals surface area contributed by atoms with Crippen LogP contribution < -0.4 is 5.73 Å². The van der Waals surface area contributed by atoms with Crippen LogP contribution in [-0.2, 0) is 0 Å². The first kappa shape index (κ1) is 15.4. The average molecular weight is 341 g/mol. The van der Waals surface area contributed by atoms with E-state index in [0.29, 0.717) is 16.6 Å². The lowest BCUT2D eigenvalue weighted by atomic mass is 10.1. The number of rotatable bonds is 2. The molecule has 1 aliphatic heterocycles. The Balaban J connectivity index is 2.18. The number of terminal acetylenes is 1. The van der Waals surface area contributed by atoms with Crippen molar-refractivity contribution in [3.05, 3.63) is 17.0 Å². The third kappa shape index (κ3) is 2.22. The fourth-order valence-corrected chi connectivity index (χ4v) is 4.11. The molecule has 116 valence electrons. The van der Waals surface area contributed by atoms with Gasteiger partial charge >= 0.3 is 0 Å². The van der Waals surface area contributed by atoms with Crippen LogP contribution in [0.3, 0.4) is 0 Å². The number of fused-ring (bicyclic) bond motifs is 1. The van der Waals surface area contributed by atoms with Crippen LogP contribution in [0.2, 0.25) is 5.28 Å². The molecular formula is C13H13ClN4O3S. The van der Waals surface area contributed by atoms with Crippen molar-refractivity contribution >= 4 is 40.2 Å². The zero-order valence-corrected chi connectivity index (χ0v) is 12.8. The fraction of sp³-hybridized carbons (Fsp3) is 0.385. The second kappa shape index (κ2) is 5.61. The Bertz CT molecular complexity index is 775. The molecule has 1 saturated heterocycles. The van der Waals surface area contributed by atoms with Gasteiger partial charge in [0.05, 0.1) is 28.9 Å². The number of aliphatic hydroxyl groups is 3. The SMILES string of the molecule is C#Cc1cn([C@@H]2S[C@H](CO)C(O)[C@@H]2O)c2nc(Cl)nc(N)c12. The van der Waals surface area contributed by atoms with Crippen molar-refractivity contribution in [1.29, 1.82) is 0 Å². The number of thioether (sulfide) groups is 1. The maximum absolute atomic E-state index is 10.2. The van der Waals surface area contributed by atoms with Crippen LogP contribution in [0.15, 0.2) is 6.20 Å². The number of nitrogens with two attached hydrogens (primary N) is 1. The maximum atomic E-state index is 10.2. The summed E-state index contributed by atoms with van der Waals surface area (Å²) in [6.07, 6.45) is 4.96. The summed E-state index contributed by atoms with van der Waals surface area (Å²) in [4.78, 5) is 8.01. The minimum absolute atomic E-state index is 0.0373. The molecule has 0 radical (unpaired) electrons. The Labute approximate surface area is 135 Å². The summed E-state index contributed by atoms with van der Waals surface area (Å²) in [7, 11) is 0. The van der Waals surface area contributed by atoms with Crippen molar-refractivity contribution in [2.24, 2.45) is 0 Å². The lowest BCUT2D eigenvalue weighted by molar-refractivity contribution is 0.0113. The third-order valence-electron chi connectivity index (χ3n) is 3.62. The van der Waals surface area contributed by atoms with E-state index in [-0.39, 0.29) is 17.7 Å². The van der Waals surface area contributed by atoms with Gasteiger partial charge in [0.2, 0.25) is 5.28 Å². The molecule has 0 aromatic carbocycles. The van der Waals surface area contributed by atoms with Crippen LogP contribution in [0.25, 0.3) is 11.0 Å². The molecule has 5 N–H and O–H groups in total. The average Bonchev–Trinajstić information content (AvgIpc) is 2.98. The molecule has 3 rings (SSSR count). The van der Waals surface area contributed by atoms with Gasteiger partial charge in [-0.15, -0.1) is 18.2 Å². The van der Waals surface area contributed by atoms with Crippen LogP contribution >= 0.6 is 23.4 Å². The lowest BCUT2D eigenvalue weighted by Crippen LogP contribution is -2.32. The summed E-state index contributed by atoms with van der Waals surface area (Å²) in [5, 5.41) is 28.8. The van der Waals surface area contributed by atoms with Gasteiger partial charge in [0.1, 0.15) is 22.9 Å². The Morgan fingerprint density at radius 3 is 2.73 bits per heavy atom. The highest BCUT2D eigenvalue weighted by atomic mass is 35.5. The minimum Gasteiger partial charge on any atom is -0.395 e. The second-order valence-corrected chi connectivity index (χ2v) is 6.60. The summed E-state index contributed by atoms with van der Waals surface area (Å²) < 4.78 is 1.61. The van der Waals surface area contributed by atoms with E-state index in [0.717, 1.165) is 0 Å². The van der Waals surface area contributed by atoms with Gasteiger partial charge in [-0.25, -0.2) is 4.98 Å². The largest absolute Gasteiger partial charge is 0.395 e. The zero-order valence-electron chi connectivity index (χ0n) is 11.2. The maximum Gasteiger partial charge on any atom is 0.226 e. The number of hydrogen-bond donors (Lipinski definition) is 4. The highest BCUT2D eigenvalue weighted by Gasteiger charge is 2.43. The molecular weight excluding hydrogens is 328 g/mol. The van der Waals surface area contributed by atoms with E-state index in [1.165, 1.54) is 11.8 Å². The van der Waals surface area contributed by atoms with Crippen LogP contribution in [0, 0.1) is 12.3 Å². The van der Waals surface area contributed by atoms with Gasteiger partial charge in [-0.05, 0) is 11.6 Å². The summed E-state index contributed by atoms with van der Waals surface area (Å²) in [5.41, 5.74) is 6.71. The molecule has 0 bridgehead atoms. The van der Waals surface area contributed by atoms with E-state index in [1.807, 2.05) is 0 Å². The molecule has 0 amide bonds. The molecule has 0 aliphatic carbocycles. The van der Waals surface area contributed by atoms with Gasteiger partial charge in [0, 0.05) is 6.20 Å². The number of nitrogen functional groups attached to an aromatic ring is 1. The standard InChI is InChI=1S/C13H13ClN4O3S/c1-2-5-3-18(11-7(5)10(15)16-13(14)17-11)12-9(21)8(20)6(4-19)22-12/h1,3,6,8-9,12,19-21H,4H2,(H2,15,16,17)/t6-,8?,9+,12-/m1/s1. The number of aliphatic hydroxyl groups excluding tert-OH is 3. The van der Waals surface area contributed by atoms with Gasteiger partial charge in [0.15, 0.2) is 0 Å². The van der Waals surface area contributed by atoms with Crippen molar-refractivity contribution in [2.45, 2.75) is 22.8 Å². The molecule has 9 heteroatoms. The number of aromatic nitrogens is 3. The van der Waals surface area contributed by atoms with Crippen LogP contribution in [0.5, 0.6) is 0 Å². The van der Waals surface area contributed by atoms with Crippen molar-refractivity contribution in [2.75, 3.05) is 12.3 Å². The van der Waals surface area contributed by atoms with Crippen LogP contribution in [0.1, 0.15) is 10.9 Å². The molecule has 7 nitrogen and oxygen atoms in total. The normalized spacial score (nSPS) is 28.1. The molecule has 0 saturated carbocycles. The van der Waals surface area contributed by atoms with Crippen molar-refractivity contribution in [3.63, 3.8) is 0 Å². The Morgan fingerprint density at radius 1 is 1.41 bits per heavy atom. The minimum atomic E-state index is -1.08. The first-order chi connectivity index (χ1) is 10.5. The quantitative estimate of drug-likeness (QED) is 0.448. The Hall–Kier alpha value is -1.50. The predicted octanol–water partition coefficient (Wildman–Crippen LogP) is -0.0237. The monoisotopic (exact) mass is 340 g/mol. The Morgan fingerprint density at radius 2 is 2.14 bits per heavy atom. The highest BCUT2D eigenvalue weighted by molar-refractivity contribution is 8.00. The smallest absolute Gasteiger partial charge is 0.226 e. The highest BCUT2D eigenvalue weighted by Crippen LogP contribution is 2.44. The number of hydrogen-bond acceptors (Lipinski definition) is 7. The third-order valence-corrected chi connectivity index (χ3v) is 5.35. The van der Waals surface area contributed by atoms with E-state index in [1.54, 1.807) is 10.8 Å². The van der Waals surface area contributed by atoms with E-state index >= 15 is 0 Å². The Kier molecular flexibility index (Phi) is 3.92. The molecule has 3 heterocycles. The van der Waals surface area contributed by atoms with Gasteiger partial charge in [-0.3, -0.25) is 0 Å². The van der Waals surface area contributed by atoms with Crippen LogP contribution in [-0.4, -0.2) is 53.9 Å². The van der Waals surface area contributed by atoms with Crippen molar-refractivity contribution in [3.8, 4) is 12.3 Å². The predicted molar refractivity (Wildman–Crippen MR) is 84.4 cm³/mol. The molecule has 2 aromatic heterocycles. The van der Waals surface area contributed by atoms with Crippen molar-refractivity contribution < 1.29 is 15.3 Å². The zero-order chi connectivity index (χ0) is 16.0. The topological polar surface area (TPSA) is 117 Å². The van der Waals surface area contributed by atoms with Crippen LogP contribution in [0.4, 0.5) is 5.82 Å². The number of anilines is 1. The van der Waals surface area contributed by atoms with E-state index in [4.69, 9.17) is 23.8 Å². The van der Waals surface area contributed by atoms with E-state index < -0.39 is 22.8 Å². The molecule has 1 aliphatic rings. The summed E-state index contributed by atoms with van der Waals surface area (Å²) in [6.45, 7) is -0.252. The van der Waals surface area contributed by atoms with E-state index in [2.05, 4.69) is 15.9 Å². The van der Waals surface area contributed by atoms with Gasteiger partial charge in [-0.1, -0.05) is 5.92 Å². The lowest BCUT2D eigenvalue weighted by Gasteiger charge is -2.17. The molecule has 22 heavy (non-hydrogen) atoms. The number of nitrogens with zero attached hydrogens (tertiary/aromatic N) is 3. The van der Waals surface area contributed by atoms with Gasteiger partial charge in [-0.2, -0.15) is 4.98 Å². The van der Waals surface area contributed by atoms with E-state index in [9.17, 15) is 15.3 Å². The summed E-state index contributed by atoms with van der Waals surface area (Å²) in [6, 6.07) is 0. The summed E-state index contributed by atoms with van der Waals surface area (Å²) >= 11 is 7.08. The fourth-order valence-electron chi connectivity index (χ4n) is 2.56. The first-order valence-corrected chi connectivity index (χ1v) is 7.72. The molecule has 2 aromatic rings. The molecule has 1 unspecified atom stereocenters. The molecule has 1 fully saturated rings. The molecule has 4 atom stereocenters. The molecule has 0 spiro atoms. The van der Waals surface area contributed by atoms with Gasteiger partial charge < -0.3 is 25.6 Å². The second-order valence-electron chi connectivity index (χ2n) is 4.90.